The van der Waals surface area contributed by atoms with Gasteiger partial charge in [-0.3, -0.25) is 0 Å². The summed E-state index contributed by atoms with van der Waals surface area (Å²) < 4.78 is 0. The maximum atomic E-state index is 10.1. The third-order valence-corrected chi connectivity index (χ3v) is 0.730. The van der Waals surface area contributed by atoms with Gasteiger partial charge < -0.3 is 20.5 Å². The van der Waals surface area contributed by atoms with E-state index in [0.717, 1.165) is 10.1 Å². The van der Waals surface area contributed by atoms with E-state index in [1.165, 1.54) is 14.1 Å². The van der Waals surface area contributed by atoms with Crippen molar-refractivity contribution in [2.24, 2.45) is 0 Å². The molecule has 0 aliphatic heterocycles. The van der Waals surface area contributed by atoms with Crippen molar-refractivity contribution in [3.8, 4) is 0 Å². The molecule has 0 aliphatic carbocycles. The van der Waals surface area contributed by atoms with E-state index < -0.39 is 0 Å². The molecule has 0 fully saturated rings. The lowest BCUT2D eigenvalue weighted by Crippen LogP contribution is -2.23. The molecule has 0 spiro atoms. The van der Waals surface area contributed by atoms with Gasteiger partial charge in [0.15, 0.2) is 0 Å². The number of hydrogen-bond donors (Lipinski definition) is 0. The van der Waals surface area contributed by atoms with Crippen LogP contribution in [-0.2, 0) is 0 Å². The molecule has 0 radical (unpaired) electrons. The molecular formula is C4H10N2O2-2. The van der Waals surface area contributed by atoms with Crippen LogP contribution >= 0.6 is 0 Å². The predicted molar refractivity (Wildman–Crippen MR) is 32.0 cm³/mol. The molecule has 0 aromatic carbocycles. The summed E-state index contributed by atoms with van der Waals surface area (Å²) in [6.45, 7) is 0.556. The summed E-state index contributed by atoms with van der Waals surface area (Å²) in [5.41, 5.74) is 0. The number of rotatable bonds is 3. The Balaban J connectivity index is 2.93. The van der Waals surface area contributed by atoms with Gasteiger partial charge in [-0.05, 0) is 27.2 Å². The van der Waals surface area contributed by atoms with E-state index in [1.807, 2.05) is 0 Å². The third kappa shape index (κ3) is 5.84. The highest BCUT2D eigenvalue weighted by atomic mass is 16.5. The highest BCUT2D eigenvalue weighted by Gasteiger charge is 1.80. The van der Waals surface area contributed by atoms with Crippen molar-refractivity contribution in [3.63, 3.8) is 0 Å². The first-order valence-electron chi connectivity index (χ1n) is 2.39. The van der Waals surface area contributed by atoms with E-state index in [9.17, 15) is 10.4 Å². The molecule has 0 heterocycles. The summed E-state index contributed by atoms with van der Waals surface area (Å²) in [5, 5.41) is 21.7. The predicted octanol–water partition coefficient (Wildman–Crippen LogP) is -0.154. The van der Waals surface area contributed by atoms with Gasteiger partial charge in [0.25, 0.3) is 0 Å². The molecule has 0 unspecified atom stereocenters. The van der Waals surface area contributed by atoms with Crippen molar-refractivity contribution in [1.82, 2.24) is 10.1 Å². The first-order valence-corrected chi connectivity index (χ1v) is 2.39. The summed E-state index contributed by atoms with van der Waals surface area (Å²) in [7, 11) is 2.78. The zero-order valence-corrected chi connectivity index (χ0v) is 5.13. The molecule has 0 aromatic heterocycles. The number of likely N-dealkylation sites (N-methyl/N-ethyl adjacent to an activating group) is 2. The monoisotopic (exact) mass is 118 g/mol. The van der Waals surface area contributed by atoms with Crippen LogP contribution in [0.15, 0.2) is 0 Å². The Hall–Kier alpha value is -0.160. The second kappa shape index (κ2) is 3.80. The maximum Gasteiger partial charge on any atom is -0.00256 e. The quantitative estimate of drug-likeness (QED) is 0.483. The molecule has 0 amide bonds. The lowest BCUT2D eigenvalue weighted by Gasteiger charge is -2.28. The Bertz CT molecular complexity index is 48.0. The van der Waals surface area contributed by atoms with Crippen molar-refractivity contribution in [3.05, 3.63) is 10.4 Å². The Kier molecular flexibility index (Phi) is 3.72. The van der Waals surface area contributed by atoms with Gasteiger partial charge in [0, 0.05) is 0 Å². The summed E-state index contributed by atoms with van der Waals surface area (Å²) in [6, 6.07) is 0. The highest BCUT2D eigenvalue weighted by Crippen LogP contribution is 1.78. The van der Waals surface area contributed by atoms with Gasteiger partial charge in [0.05, 0.1) is 0 Å². The SMILES string of the molecule is CN([O-])CCN(C)[O-]. The standard InChI is InChI=1S/C4H10N2O2/c1-5(7)3-4-6(2)8/h3-4H2,1-2H3/q-2. The van der Waals surface area contributed by atoms with E-state index in [-0.39, 0.29) is 13.1 Å². The minimum atomic E-state index is 0.278. The fourth-order valence-electron chi connectivity index (χ4n) is 0.282. The average molecular weight is 118 g/mol. The van der Waals surface area contributed by atoms with Gasteiger partial charge in [-0.1, -0.05) is 0 Å². The lowest BCUT2D eigenvalue weighted by atomic mass is 10.6. The molecule has 0 saturated heterocycles. The Morgan fingerprint density at radius 2 is 1.25 bits per heavy atom. The van der Waals surface area contributed by atoms with Gasteiger partial charge in [-0.2, -0.15) is 0 Å². The van der Waals surface area contributed by atoms with Crippen LogP contribution < -0.4 is 0 Å². The minimum Gasteiger partial charge on any atom is -0.785 e. The van der Waals surface area contributed by atoms with Crippen molar-refractivity contribution in [2.45, 2.75) is 0 Å². The van der Waals surface area contributed by atoms with Crippen LogP contribution in [-0.4, -0.2) is 37.3 Å². The van der Waals surface area contributed by atoms with Gasteiger partial charge in [0.1, 0.15) is 0 Å². The van der Waals surface area contributed by atoms with Crippen LogP contribution in [0.3, 0.4) is 0 Å². The van der Waals surface area contributed by atoms with Crippen LogP contribution in [0.1, 0.15) is 0 Å². The smallest absolute Gasteiger partial charge is 0.00256 e. The summed E-state index contributed by atoms with van der Waals surface area (Å²) in [6.07, 6.45) is 0. The second-order valence-corrected chi connectivity index (χ2v) is 1.70. The van der Waals surface area contributed by atoms with Gasteiger partial charge >= 0.3 is 0 Å². The highest BCUT2D eigenvalue weighted by molar-refractivity contribution is 4.54. The lowest BCUT2D eigenvalue weighted by molar-refractivity contribution is 0.367. The normalized spacial score (nSPS) is 11.2. The zero-order valence-electron chi connectivity index (χ0n) is 5.13. The Morgan fingerprint density at radius 3 is 1.38 bits per heavy atom. The molecule has 0 saturated carbocycles. The molecule has 0 atom stereocenters. The third-order valence-electron chi connectivity index (χ3n) is 0.730. The van der Waals surface area contributed by atoms with Crippen molar-refractivity contribution in [1.29, 1.82) is 0 Å². The fraction of sp³-hybridized carbons (Fsp3) is 1.00. The zero-order chi connectivity index (χ0) is 6.57. The first kappa shape index (κ1) is 7.84. The average Bonchev–Trinajstić information content (AvgIpc) is 1.61. The maximum absolute atomic E-state index is 10.1. The molecule has 0 aliphatic rings. The molecular weight excluding hydrogens is 108 g/mol. The van der Waals surface area contributed by atoms with E-state index in [2.05, 4.69) is 0 Å². The molecule has 4 heteroatoms. The summed E-state index contributed by atoms with van der Waals surface area (Å²) >= 11 is 0. The second-order valence-electron chi connectivity index (χ2n) is 1.70. The van der Waals surface area contributed by atoms with Gasteiger partial charge in [-0.25, -0.2) is 0 Å². The van der Waals surface area contributed by atoms with Crippen molar-refractivity contribution >= 4 is 0 Å². The number of nitrogens with zero attached hydrogens (tertiary/aromatic N) is 2. The summed E-state index contributed by atoms with van der Waals surface area (Å²) in [4.78, 5) is 0. The molecule has 0 N–H and O–H groups in total. The fourth-order valence-corrected chi connectivity index (χ4v) is 0.282. The van der Waals surface area contributed by atoms with Crippen LogP contribution in [0.2, 0.25) is 0 Å². The van der Waals surface area contributed by atoms with Crippen LogP contribution in [0.5, 0.6) is 0 Å². The van der Waals surface area contributed by atoms with Gasteiger partial charge in [-0.15, -0.1) is 0 Å². The topological polar surface area (TPSA) is 52.6 Å². The van der Waals surface area contributed by atoms with E-state index in [0.29, 0.717) is 0 Å². The van der Waals surface area contributed by atoms with E-state index in [1.54, 1.807) is 0 Å². The number of hydroxylamine groups is 4. The minimum absolute atomic E-state index is 0.278. The van der Waals surface area contributed by atoms with Crippen molar-refractivity contribution < 1.29 is 0 Å². The Labute approximate surface area is 48.9 Å². The van der Waals surface area contributed by atoms with Crippen LogP contribution in [0, 0.1) is 10.4 Å². The van der Waals surface area contributed by atoms with Crippen molar-refractivity contribution in [2.75, 3.05) is 27.2 Å². The molecule has 4 nitrogen and oxygen atoms in total. The molecule has 0 aromatic rings. The van der Waals surface area contributed by atoms with E-state index in [4.69, 9.17) is 0 Å². The van der Waals surface area contributed by atoms with E-state index >= 15 is 0 Å². The number of hydrogen-bond acceptors (Lipinski definition) is 4. The largest absolute Gasteiger partial charge is 0.785 e. The van der Waals surface area contributed by atoms with Gasteiger partial charge in [0.2, 0.25) is 0 Å². The molecule has 0 rings (SSSR count). The summed E-state index contributed by atoms with van der Waals surface area (Å²) in [5.74, 6) is 0. The first-order chi connectivity index (χ1) is 3.63. The Morgan fingerprint density at radius 1 is 1.00 bits per heavy atom. The molecule has 50 valence electrons. The van der Waals surface area contributed by atoms with Crippen LogP contribution in [0.4, 0.5) is 0 Å². The molecule has 0 bridgehead atoms. The molecule has 8 heavy (non-hydrogen) atoms. The van der Waals surface area contributed by atoms with Crippen LogP contribution in [0.25, 0.3) is 0 Å².